The topological polar surface area (TPSA) is 54.4 Å². The van der Waals surface area contributed by atoms with Crippen LogP contribution in [0, 0.1) is 5.92 Å². The lowest BCUT2D eigenvalue weighted by atomic mass is 10.3. The smallest absolute Gasteiger partial charge is 0.270 e. The predicted octanol–water partition coefficient (Wildman–Crippen LogP) is 0.817. The third-order valence-corrected chi connectivity index (χ3v) is 4.57. The van der Waals surface area contributed by atoms with Crippen molar-refractivity contribution in [3.63, 3.8) is 0 Å². The van der Waals surface area contributed by atoms with Crippen LogP contribution in [0.5, 0.6) is 0 Å². The fourth-order valence-corrected chi connectivity index (χ4v) is 3.48. The van der Waals surface area contributed by atoms with Crippen LogP contribution in [-0.2, 0) is 10.1 Å². The van der Waals surface area contributed by atoms with Gasteiger partial charge in [-0.1, -0.05) is 6.42 Å². The van der Waals surface area contributed by atoms with Crippen LogP contribution in [0.25, 0.3) is 0 Å². The summed E-state index contributed by atoms with van der Waals surface area (Å²) in [6.45, 7) is 0. The lowest BCUT2D eigenvalue weighted by Gasteiger charge is -2.05. The third-order valence-electron chi connectivity index (χ3n) is 2.84. The molecule has 0 aromatic heterocycles. The highest BCUT2D eigenvalue weighted by molar-refractivity contribution is 7.87. The van der Waals surface area contributed by atoms with Gasteiger partial charge in [0, 0.05) is 0 Å². The first-order chi connectivity index (χ1) is 4.56. The molecule has 0 saturated heterocycles. The van der Waals surface area contributed by atoms with Crippen molar-refractivity contribution in [1.29, 1.82) is 0 Å². The molecule has 0 aromatic rings. The summed E-state index contributed by atoms with van der Waals surface area (Å²) >= 11 is 0. The maximum atomic E-state index is 10.8. The molecule has 0 amide bonds. The summed E-state index contributed by atoms with van der Waals surface area (Å²) in [6, 6.07) is 0. The molecule has 0 spiro atoms. The van der Waals surface area contributed by atoms with Gasteiger partial charge >= 0.3 is 0 Å². The second-order valence-corrected chi connectivity index (χ2v) is 5.10. The van der Waals surface area contributed by atoms with E-state index >= 15 is 0 Å². The van der Waals surface area contributed by atoms with E-state index in [2.05, 4.69) is 0 Å². The molecule has 3 nitrogen and oxygen atoms in total. The van der Waals surface area contributed by atoms with Gasteiger partial charge in [-0.3, -0.25) is 4.55 Å². The molecule has 0 bridgehead atoms. The molecule has 4 heteroatoms. The van der Waals surface area contributed by atoms with E-state index in [4.69, 9.17) is 4.55 Å². The van der Waals surface area contributed by atoms with Crippen LogP contribution in [0.2, 0.25) is 0 Å². The standard InChI is InChI=1S/C6H10O3S/c7-10(8,9)6-3-1-2-5(6)4-6/h5H,1-4H2,(H,7,8,9). The zero-order valence-electron chi connectivity index (χ0n) is 5.58. The molecule has 58 valence electrons. The lowest BCUT2D eigenvalue weighted by Crippen LogP contribution is -2.21. The largest absolute Gasteiger partial charge is 0.285 e. The Labute approximate surface area is 60.2 Å². The van der Waals surface area contributed by atoms with E-state index in [-0.39, 0.29) is 5.92 Å². The van der Waals surface area contributed by atoms with Gasteiger partial charge in [0.25, 0.3) is 10.1 Å². The highest BCUT2D eigenvalue weighted by atomic mass is 32.2. The monoisotopic (exact) mass is 162 g/mol. The highest BCUT2D eigenvalue weighted by Gasteiger charge is 2.65. The SMILES string of the molecule is O=S(=O)(O)C12CCCC1C2. The van der Waals surface area contributed by atoms with Gasteiger partial charge in [0.2, 0.25) is 0 Å². The van der Waals surface area contributed by atoms with Crippen LogP contribution in [0.3, 0.4) is 0 Å². The van der Waals surface area contributed by atoms with Gasteiger partial charge in [0.1, 0.15) is 4.75 Å². The quantitative estimate of drug-likeness (QED) is 0.581. The highest BCUT2D eigenvalue weighted by Crippen LogP contribution is 2.60. The lowest BCUT2D eigenvalue weighted by molar-refractivity contribution is 0.460. The summed E-state index contributed by atoms with van der Waals surface area (Å²) in [5, 5.41) is 0. The Morgan fingerprint density at radius 2 is 2.20 bits per heavy atom. The molecule has 0 heterocycles. The molecule has 2 aliphatic carbocycles. The summed E-state index contributed by atoms with van der Waals surface area (Å²) in [5.41, 5.74) is 0. The first kappa shape index (κ1) is 6.61. The summed E-state index contributed by atoms with van der Waals surface area (Å²) in [5.74, 6) is 0.280. The molecule has 10 heavy (non-hydrogen) atoms. The van der Waals surface area contributed by atoms with Crippen molar-refractivity contribution in [3.05, 3.63) is 0 Å². The minimum Gasteiger partial charge on any atom is -0.285 e. The van der Waals surface area contributed by atoms with Crippen molar-refractivity contribution in [2.45, 2.75) is 30.4 Å². The Bertz CT molecular complexity index is 256. The van der Waals surface area contributed by atoms with Crippen molar-refractivity contribution in [1.82, 2.24) is 0 Å². The third kappa shape index (κ3) is 0.609. The van der Waals surface area contributed by atoms with E-state index < -0.39 is 14.9 Å². The molecule has 2 unspecified atom stereocenters. The summed E-state index contributed by atoms with van der Waals surface area (Å²) in [6.07, 6.45) is 3.33. The van der Waals surface area contributed by atoms with Gasteiger partial charge in [-0.05, 0) is 25.2 Å². The van der Waals surface area contributed by atoms with Crippen LogP contribution in [0.15, 0.2) is 0 Å². The Morgan fingerprint density at radius 3 is 2.40 bits per heavy atom. The minimum absolute atomic E-state index is 0.280. The average Bonchev–Trinajstić information content (AvgIpc) is 2.36. The van der Waals surface area contributed by atoms with E-state index in [1.54, 1.807) is 0 Å². The van der Waals surface area contributed by atoms with E-state index in [0.717, 1.165) is 12.8 Å². The summed E-state index contributed by atoms with van der Waals surface area (Å²) < 4.78 is 29.6. The van der Waals surface area contributed by atoms with Gasteiger partial charge in [0.15, 0.2) is 0 Å². The van der Waals surface area contributed by atoms with Gasteiger partial charge < -0.3 is 0 Å². The van der Waals surface area contributed by atoms with Crippen LogP contribution < -0.4 is 0 Å². The molecule has 2 atom stereocenters. The number of rotatable bonds is 1. The van der Waals surface area contributed by atoms with Crippen LogP contribution in [-0.4, -0.2) is 17.7 Å². The minimum atomic E-state index is -3.73. The Kier molecular flexibility index (Phi) is 1.03. The molecule has 2 saturated carbocycles. The molecule has 0 radical (unpaired) electrons. The van der Waals surface area contributed by atoms with E-state index in [0.29, 0.717) is 12.8 Å². The van der Waals surface area contributed by atoms with Crippen molar-refractivity contribution < 1.29 is 13.0 Å². The molecule has 2 fully saturated rings. The first-order valence-corrected chi connectivity index (χ1v) is 4.97. The fourth-order valence-electron chi connectivity index (χ4n) is 2.12. The molecular weight excluding hydrogens is 152 g/mol. The van der Waals surface area contributed by atoms with Crippen LogP contribution in [0.4, 0.5) is 0 Å². The summed E-state index contributed by atoms with van der Waals surface area (Å²) in [7, 11) is -3.73. The fraction of sp³-hybridized carbons (Fsp3) is 1.00. The Morgan fingerprint density at radius 1 is 1.50 bits per heavy atom. The zero-order valence-corrected chi connectivity index (χ0v) is 6.39. The van der Waals surface area contributed by atoms with Gasteiger partial charge in [0.05, 0.1) is 0 Å². The Hall–Kier alpha value is -0.0900. The number of hydrogen-bond donors (Lipinski definition) is 1. The molecule has 0 aliphatic heterocycles. The molecule has 2 rings (SSSR count). The zero-order chi connectivity index (χ0) is 7.41. The second-order valence-electron chi connectivity index (χ2n) is 3.33. The van der Waals surface area contributed by atoms with E-state index in [9.17, 15) is 8.42 Å². The van der Waals surface area contributed by atoms with Crippen LogP contribution >= 0.6 is 0 Å². The van der Waals surface area contributed by atoms with Gasteiger partial charge in [-0.15, -0.1) is 0 Å². The molecular formula is C6H10O3S. The first-order valence-electron chi connectivity index (χ1n) is 3.53. The van der Waals surface area contributed by atoms with Crippen molar-refractivity contribution in [3.8, 4) is 0 Å². The molecule has 1 N–H and O–H groups in total. The van der Waals surface area contributed by atoms with Gasteiger partial charge in [-0.2, -0.15) is 8.42 Å². The number of fused-ring (bicyclic) bond motifs is 1. The molecule has 0 aromatic carbocycles. The van der Waals surface area contributed by atoms with Crippen molar-refractivity contribution >= 4 is 10.1 Å². The predicted molar refractivity (Wildman–Crippen MR) is 36.2 cm³/mol. The van der Waals surface area contributed by atoms with E-state index in [1.807, 2.05) is 0 Å². The number of hydrogen-bond acceptors (Lipinski definition) is 2. The average molecular weight is 162 g/mol. The van der Waals surface area contributed by atoms with Gasteiger partial charge in [-0.25, -0.2) is 0 Å². The van der Waals surface area contributed by atoms with Crippen molar-refractivity contribution in [2.24, 2.45) is 5.92 Å². The summed E-state index contributed by atoms with van der Waals surface area (Å²) in [4.78, 5) is 0. The van der Waals surface area contributed by atoms with Crippen molar-refractivity contribution in [2.75, 3.05) is 0 Å². The normalized spacial score (nSPS) is 45.1. The molecule has 2 aliphatic rings. The maximum absolute atomic E-state index is 10.8. The van der Waals surface area contributed by atoms with E-state index in [1.165, 1.54) is 0 Å². The Balaban J connectivity index is 2.35. The second kappa shape index (κ2) is 1.56. The maximum Gasteiger partial charge on any atom is 0.270 e. The van der Waals surface area contributed by atoms with Crippen LogP contribution in [0.1, 0.15) is 25.7 Å².